The van der Waals surface area contributed by atoms with E-state index in [2.05, 4.69) is 40.7 Å². The molecule has 0 aromatic rings. The maximum absolute atomic E-state index is 13.1. The van der Waals surface area contributed by atoms with Gasteiger partial charge in [-0.25, -0.2) is 9.36 Å². The van der Waals surface area contributed by atoms with Gasteiger partial charge < -0.3 is 14.5 Å². The minimum absolute atomic E-state index is 0.0590. The van der Waals surface area contributed by atoms with Gasteiger partial charge in [0.25, 0.3) is 0 Å². The molecule has 214 valence electrons. The van der Waals surface area contributed by atoms with Crippen molar-refractivity contribution >= 4 is 19.7 Å². The van der Waals surface area contributed by atoms with Gasteiger partial charge in [-0.15, -0.1) is 0 Å². The Bertz CT molecular complexity index is 1340. The second kappa shape index (κ2) is 8.43. The molecule has 0 radical (unpaired) electrons. The quantitative estimate of drug-likeness (QED) is 0.336. The normalized spacial score (nSPS) is 41.7. The third-order valence-corrected chi connectivity index (χ3v) is 12.6. The largest absolute Gasteiger partial charge is 0.524 e. The summed E-state index contributed by atoms with van der Waals surface area (Å²) in [5.41, 5.74) is 2.57. The summed E-state index contributed by atoms with van der Waals surface area (Å²) in [5, 5.41) is 9.85. The van der Waals surface area contributed by atoms with Crippen LogP contribution >= 0.6 is 7.82 Å². The van der Waals surface area contributed by atoms with Crippen LogP contribution in [0.25, 0.3) is 0 Å². The zero-order chi connectivity index (χ0) is 29.0. The number of phosphoric ester groups is 1. The van der Waals surface area contributed by atoms with E-state index in [1.54, 1.807) is 14.0 Å². The highest BCUT2D eigenvalue weighted by Gasteiger charge is 2.67. The standard InChI is InChI=1S/C30H42NO7P/c1-18-19-8-9-22-28(4,20(19)16-21(32)24(18)38-39(35,36)37)13-15-30(6)23-17-27(3,31(7)25(33)34)12-10-26(23,2)11-14-29(22,30)5/h8-9,16,23H,10-15,17H2,1-7H3,(H,33,34)(H2,35,36,37)/t23-,26-,27-,28+,29-,30+/m1/s1. The Kier molecular flexibility index (Phi) is 6.14. The molecule has 5 rings (SSSR count). The minimum atomic E-state index is -4.88. The molecule has 0 spiro atoms. The van der Waals surface area contributed by atoms with Gasteiger partial charge in [0, 0.05) is 23.6 Å². The lowest BCUT2D eigenvalue weighted by atomic mass is 9.35. The van der Waals surface area contributed by atoms with E-state index in [1.165, 1.54) is 16.5 Å². The summed E-state index contributed by atoms with van der Waals surface area (Å²) in [6.07, 6.45) is 11.4. The maximum atomic E-state index is 13.1. The Morgan fingerprint density at radius 3 is 2.28 bits per heavy atom. The molecule has 0 aromatic heterocycles. The molecule has 39 heavy (non-hydrogen) atoms. The van der Waals surface area contributed by atoms with Gasteiger partial charge in [-0.1, -0.05) is 45.4 Å². The third-order valence-electron chi connectivity index (χ3n) is 12.1. The van der Waals surface area contributed by atoms with Gasteiger partial charge in [-0.2, -0.15) is 0 Å². The number of carboxylic acid groups (broad SMARTS) is 1. The fraction of sp³-hybridized carbons (Fsp3) is 0.667. The Labute approximate surface area is 231 Å². The monoisotopic (exact) mass is 559 g/mol. The van der Waals surface area contributed by atoms with Gasteiger partial charge in [0.1, 0.15) is 0 Å². The number of phosphoric acid groups is 1. The Morgan fingerprint density at radius 2 is 1.67 bits per heavy atom. The van der Waals surface area contributed by atoms with Crippen molar-refractivity contribution in [1.82, 2.24) is 4.90 Å². The first-order valence-electron chi connectivity index (χ1n) is 13.9. The van der Waals surface area contributed by atoms with E-state index in [-0.39, 0.29) is 22.0 Å². The summed E-state index contributed by atoms with van der Waals surface area (Å²) in [7, 11) is -3.17. The van der Waals surface area contributed by atoms with Crippen LogP contribution in [0.2, 0.25) is 0 Å². The van der Waals surface area contributed by atoms with Gasteiger partial charge in [0.2, 0.25) is 5.78 Å². The van der Waals surface area contributed by atoms with Crippen LogP contribution in [-0.4, -0.2) is 44.3 Å². The van der Waals surface area contributed by atoms with Crippen molar-refractivity contribution < 1.29 is 33.6 Å². The molecule has 5 aliphatic carbocycles. The molecule has 0 aromatic carbocycles. The molecule has 0 aliphatic heterocycles. The second-order valence-corrected chi connectivity index (χ2v) is 15.1. The summed E-state index contributed by atoms with van der Waals surface area (Å²) >= 11 is 0. The Hall–Kier alpha value is -2.15. The fourth-order valence-corrected chi connectivity index (χ4v) is 9.66. The number of fused-ring (bicyclic) bond motifs is 7. The van der Waals surface area contributed by atoms with Crippen molar-refractivity contribution in [3.8, 4) is 0 Å². The molecule has 5 aliphatic rings. The number of rotatable bonds is 3. The van der Waals surface area contributed by atoms with Crippen LogP contribution in [0.4, 0.5) is 4.79 Å². The van der Waals surface area contributed by atoms with Crippen LogP contribution in [0.5, 0.6) is 0 Å². The van der Waals surface area contributed by atoms with Gasteiger partial charge in [0.05, 0.1) is 0 Å². The summed E-state index contributed by atoms with van der Waals surface area (Å²) in [4.78, 5) is 45.4. The number of ketones is 1. The lowest BCUT2D eigenvalue weighted by molar-refractivity contribution is -0.161. The van der Waals surface area contributed by atoms with Gasteiger partial charge >= 0.3 is 13.9 Å². The molecule has 9 heteroatoms. The molecule has 3 fully saturated rings. The topological polar surface area (TPSA) is 124 Å². The second-order valence-electron chi connectivity index (χ2n) is 13.9. The highest BCUT2D eigenvalue weighted by atomic mass is 31.2. The predicted octanol–water partition coefficient (Wildman–Crippen LogP) is 6.53. The zero-order valence-corrected chi connectivity index (χ0v) is 25.0. The number of allylic oxidation sites excluding steroid dienone is 7. The molecule has 3 N–H and O–H groups in total. The average Bonchev–Trinajstić information content (AvgIpc) is 2.84. The Morgan fingerprint density at radius 1 is 1.03 bits per heavy atom. The van der Waals surface area contributed by atoms with E-state index >= 15 is 0 Å². The summed E-state index contributed by atoms with van der Waals surface area (Å²) in [6.45, 7) is 13.2. The number of hydrogen-bond donors (Lipinski definition) is 3. The zero-order valence-electron chi connectivity index (χ0n) is 24.1. The van der Waals surface area contributed by atoms with Crippen LogP contribution < -0.4 is 0 Å². The van der Waals surface area contributed by atoms with E-state index in [0.29, 0.717) is 11.5 Å². The fourth-order valence-electron chi connectivity index (χ4n) is 9.20. The van der Waals surface area contributed by atoms with Gasteiger partial charge in [0.15, 0.2) is 5.76 Å². The first kappa shape index (κ1) is 28.4. The smallest absolute Gasteiger partial charge is 0.465 e. The van der Waals surface area contributed by atoms with Crippen molar-refractivity contribution in [1.29, 1.82) is 0 Å². The minimum Gasteiger partial charge on any atom is -0.465 e. The first-order chi connectivity index (χ1) is 17.8. The summed E-state index contributed by atoms with van der Waals surface area (Å²) < 4.78 is 16.4. The molecule has 0 bridgehead atoms. The SMILES string of the molecule is CC1=C(OP(=O)(O)O)C(=O)C=C2C1=CC=C1[C@@]2(C)CC[C@@]2(C)[C@@H]3C[C@](C)(N(C)C(=O)O)CC[C@]3(C)CC[C@]12C. The van der Waals surface area contributed by atoms with Crippen LogP contribution in [-0.2, 0) is 13.9 Å². The summed E-state index contributed by atoms with van der Waals surface area (Å²) in [5.74, 6) is -0.463. The van der Waals surface area contributed by atoms with E-state index in [4.69, 9.17) is 4.52 Å². The van der Waals surface area contributed by atoms with Gasteiger partial charge in [-0.3, -0.25) is 14.6 Å². The highest BCUT2D eigenvalue weighted by molar-refractivity contribution is 7.46. The summed E-state index contributed by atoms with van der Waals surface area (Å²) in [6, 6.07) is 0. The van der Waals surface area contributed by atoms with Crippen LogP contribution in [0.3, 0.4) is 0 Å². The van der Waals surface area contributed by atoms with Gasteiger partial charge in [-0.05, 0) is 98.2 Å². The molecule has 1 amide bonds. The van der Waals surface area contributed by atoms with Crippen molar-refractivity contribution in [2.24, 2.45) is 27.6 Å². The highest BCUT2D eigenvalue weighted by Crippen LogP contribution is 2.75. The number of carbonyl (C=O) groups is 2. The third kappa shape index (κ3) is 3.88. The number of amides is 1. The van der Waals surface area contributed by atoms with E-state index in [1.807, 2.05) is 6.08 Å². The molecular weight excluding hydrogens is 517 g/mol. The molecule has 0 heterocycles. The lowest BCUT2D eigenvalue weighted by Crippen LogP contribution is -2.64. The van der Waals surface area contributed by atoms with Crippen molar-refractivity contribution in [3.05, 3.63) is 46.3 Å². The van der Waals surface area contributed by atoms with Crippen molar-refractivity contribution in [2.75, 3.05) is 7.05 Å². The number of nitrogens with zero attached hydrogens (tertiary/aromatic N) is 1. The van der Waals surface area contributed by atoms with Crippen LogP contribution in [0, 0.1) is 27.6 Å². The molecular formula is C30H42NO7P. The van der Waals surface area contributed by atoms with E-state index in [0.717, 1.165) is 56.1 Å². The van der Waals surface area contributed by atoms with Crippen molar-refractivity contribution in [3.63, 3.8) is 0 Å². The molecule has 8 nitrogen and oxygen atoms in total. The maximum Gasteiger partial charge on any atom is 0.524 e. The van der Waals surface area contributed by atoms with E-state index < -0.39 is 30.7 Å². The predicted molar refractivity (Wildman–Crippen MR) is 148 cm³/mol. The number of hydrogen-bond acceptors (Lipinski definition) is 4. The van der Waals surface area contributed by atoms with Crippen molar-refractivity contribution in [2.45, 2.75) is 92.0 Å². The molecule has 0 unspecified atom stereocenters. The molecule has 3 saturated carbocycles. The average molecular weight is 560 g/mol. The lowest BCUT2D eigenvalue weighted by Gasteiger charge is -2.70. The van der Waals surface area contributed by atoms with Crippen LogP contribution in [0.15, 0.2) is 46.3 Å². The Balaban J connectivity index is 1.60. The number of carbonyl (C=O) groups excluding carboxylic acids is 1. The van der Waals surface area contributed by atoms with E-state index in [9.17, 15) is 29.0 Å². The van der Waals surface area contributed by atoms with Crippen LogP contribution in [0.1, 0.15) is 86.5 Å². The molecule has 0 saturated heterocycles. The first-order valence-corrected chi connectivity index (χ1v) is 15.5. The molecule has 6 atom stereocenters.